The highest BCUT2D eigenvalue weighted by atomic mass is 16.6. The van der Waals surface area contributed by atoms with Crippen LogP contribution in [-0.4, -0.2) is 40.4 Å². The van der Waals surface area contributed by atoms with E-state index in [1.807, 2.05) is 18.7 Å². The van der Waals surface area contributed by atoms with Crippen LogP contribution >= 0.6 is 0 Å². The van der Waals surface area contributed by atoms with Crippen molar-refractivity contribution in [3.63, 3.8) is 0 Å². The van der Waals surface area contributed by atoms with Crippen LogP contribution in [0.1, 0.15) is 32.2 Å². The number of aryl methyl sites for hydroxylation is 1. The molecule has 21 heavy (non-hydrogen) atoms. The molecular formula is C13H18N6O2. The number of hydrogen-bond donors (Lipinski definition) is 0. The van der Waals surface area contributed by atoms with E-state index in [2.05, 4.69) is 20.0 Å². The molecule has 8 heteroatoms. The van der Waals surface area contributed by atoms with Gasteiger partial charge in [0.2, 0.25) is 5.95 Å². The molecule has 0 unspecified atom stereocenters. The summed E-state index contributed by atoms with van der Waals surface area (Å²) in [4.78, 5) is 29.9. The highest BCUT2D eigenvalue weighted by Crippen LogP contribution is 2.36. The van der Waals surface area contributed by atoms with Crippen molar-refractivity contribution in [2.45, 2.75) is 33.4 Å². The van der Waals surface area contributed by atoms with E-state index in [4.69, 9.17) is 0 Å². The van der Waals surface area contributed by atoms with Gasteiger partial charge in [0.05, 0.1) is 4.92 Å². The Balaban J connectivity index is 2.67. The number of aromatic nitrogens is 2. The largest absolute Gasteiger partial charge is 0.341 e. The summed E-state index contributed by atoms with van der Waals surface area (Å²) in [7, 11) is 0. The first kappa shape index (κ1) is 15.0. The monoisotopic (exact) mass is 290 g/mol. The van der Waals surface area contributed by atoms with Crippen LogP contribution in [0.3, 0.4) is 0 Å². The maximum atomic E-state index is 11.4. The van der Waals surface area contributed by atoms with Crippen molar-refractivity contribution in [3.05, 3.63) is 21.5 Å². The van der Waals surface area contributed by atoms with Crippen LogP contribution in [0.4, 0.5) is 11.6 Å². The van der Waals surface area contributed by atoms with Gasteiger partial charge in [-0.1, -0.05) is 0 Å². The molecular weight excluding hydrogens is 272 g/mol. The van der Waals surface area contributed by atoms with Crippen LogP contribution < -0.4 is 4.90 Å². The van der Waals surface area contributed by atoms with Gasteiger partial charge in [-0.15, -0.1) is 0 Å². The van der Waals surface area contributed by atoms with Crippen molar-refractivity contribution in [1.29, 1.82) is 0 Å². The number of nitrogens with zero attached hydrogens (tertiary/aromatic N) is 6. The van der Waals surface area contributed by atoms with Gasteiger partial charge in [-0.2, -0.15) is 0 Å². The summed E-state index contributed by atoms with van der Waals surface area (Å²) < 4.78 is 0. The second kappa shape index (κ2) is 5.55. The average molecular weight is 290 g/mol. The van der Waals surface area contributed by atoms with E-state index < -0.39 is 10.6 Å². The SMILES string of the molecule is CCN(CC)c1nc(C)c([N+](=O)[O-])c(C2(C)N=CC=N2)n1. The lowest BCUT2D eigenvalue weighted by Gasteiger charge is -2.22. The molecule has 1 aliphatic rings. The molecule has 2 heterocycles. The van der Waals surface area contributed by atoms with Crippen molar-refractivity contribution >= 4 is 24.1 Å². The summed E-state index contributed by atoms with van der Waals surface area (Å²) in [5.74, 6) is 0.469. The fraction of sp³-hybridized carbons (Fsp3) is 0.538. The lowest BCUT2D eigenvalue weighted by Crippen LogP contribution is -2.27. The Morgan fingerprint density at radius 2 is 1.81 bits per heavy atom. The number of anilines is 1. The van der Waals surface area contributed by atoms with Crippen LogP contribution in [0, 0.1) is 17.0 Å². The molecule has 0 saturated carbocycles. The second-order valence-electron chi connectivity index (χ2n) is 4.81. The second-order valence-corrected chi connectivity index (χ2v) is 4.81. The fourth-order valence-corrected chi connectivity index (χ4v) is 2.26. The molecule has 0 amide bonds. The first-order valence-electron chi connectivity index (χ1n) is 6.80. The maximum absolute atomic E-state index is 11.4. The summed E-state index contributed by atoms with van der Waals surface area (Å²) >= 11 is 0. The van der Waals surface area contributed by atoms with Gasteiger partial charge in [0, 0.05) is 25.5 Å². The molecule has 0 aliphatic carbocycles. The zero-order chi connectivity index (χ0) is 15.6. The molecule has 0 aromatic carbocycles. The molecule has 1 aromatic heterocycles. The van der Waals surface area contributed by atoms with Crippen LogP contribution in [0.2, 0.25) is 0 Å². The Labute approximate surface area is 122 Å². The molecule has 0 N–H and O–H groups in total. The summed E-state index contributed by atoms with van der Waals surface area (Å²) in [5.41, 5.74) is -0.625. The van der Waals surface area contributed by atoms with E-state index in [0.29, 0.717) is 11.6 Å². The van der Waals surface area contributed by atoms with Crippen molar-refractivity contribution in [2.75, 3.05) is 18.0 Å². The average Bonchev–Trinajstić information content (AvgIpc) is 2.87. The number of nitro groups is 1. The predicted octanol–water partition coefficient (Wildman–Crippen LogP) is 1.87. The summed E-state index contributed by atoms with van der Waals surface area (Å²) in [5, 5.41) is 11.4. The molecule has 0 fully saturated rings. The van der Waals surface area contributed by atoms with E-state index in [1.165, 1.54) is 12.4 Å². The lowest BCUT2D eigenvalue weighted by molar-refractivity contribution is -0.387. The molecule has 0 radical (unpaired) electrons. The molecule has 0 atom stereocenters. The quantitative estimate of drug-likeness (QED) is 0.609. The van der Waals surface area contributed by atoms with E-state index in [1.54, 1.807) is 13.8 Å². The van der Waals surface area contributed by atoms with Crippen LogP contribution in [-0.2, 0) is 5.66 Å². The first-order valence-corrected chi connectivity index (χ1v) is 6.80. The predicted molar refractivity (Wildman–Crippen MR) is 81.3 cm³/mol. The number of rotatable bonds is 5. The van der Waals surface area contributed by atoms with E-state index in [9.17, 15) is 10.1 Å². The van der Waals surface area contributed by atoms with Crippen LogP contribution in [0.5, 0.6) is 0 Å². The van der Waals surface area contributed by atoms with Crippen molar-refractivity contribution < 1.29 is 4.92 Å². The van der Waals surface area contributed by atoms with Crippen LogP contribution in [0.25, 0.3) is 0 Å². The molecule has 0 spiro atoms. The third-order valence-electron chi connectivity index (χ3n) is 3.44. The van der Waals surface area contributed by atoms with Gasteiger partial charge in [-0.25, -0.2) is 9.97 Å². The molecule has 1 aromatic rings. The third-order valence-corrected chi connectivity index (χ3v) is 3.44. The summed E-state index contributed by atoms with van der Waals surface area (Å²) in [6, 6.07) is 0. The Kier molecular flexibility index (Phi) is 3.97. The minimum atomic E-state index is -1.06. The molecule has 8 nitrogen and oxygen atoms in total. The van der Waals surface area contributed by atoms with E-state index in [-0.39, 0.29) is 11.4 Å². The number of aliphatic imine (C=N–C) groups is 2. The first-order chi connectivity index (χ1) is 9.92. The van der Waals surface area contributed by atoms with Gasteiger partial charge in [-0.3, -0.25) is 20.1 Å². The van der Waals surface area contributed by atoms with Gasteiger partial charge in [-0.05, 0) is 27.7 Å². The smallest absolute Gasteiger partial charge is 0.316 e. The standard InChI is InChI=1S/C13H18N6O2/c1-5-18(6-2)12-16-9(3)10(19(20)21)11(17-12)13(4)14-7-8-15-13/h7-8H,5-6H2,1-4H3. The fourth-order valence-electron chi connectivity index (χ4n) is 2.26. The third kappa shape index (κ3) is 2.61. The zero-order valence-corrected chi connectivity index (χ0v) is 12.6. The molecule has 0 bridgehead atoms. The highest BCUT2D eigenvalue weighted by Gasteiger charge is 2.38. The Morgan fingerprint density at radius 3 is 2.29 bits per heavy atom. The molecule has 2 rings (SSSR count). The van der Waals surface area contributed by atoms with Gasteiger partial charge in [0.25, 0.3) is 0 Å². The van der Waals surface area contributed by atoms with Crippen molar-refractivity contribution in [2.24, 2.45) is 9.98 Å². The van der Waals surface area contributed by atoms with Gasteiger partial charge >= 0.3 is 5.69 Å². The van der Waals surface area contributed by atoms with E-state index in [0.717, 1.165) is 13.1 Å². The lowest BCUT2D eigenvalue weighted by atomic mass is 10.1. The van der Waals surface area contributed by atoms with Crippen molar-refractivity contribution in [1.82, 2.24) is 9.97 Å². The van der Waals surface area contributed by atoms with Crippen LogP contribution in [0.15, 0.2) is 9.98 Å². The minimum absolute atomic E-state index is 0.121. The highest BCUT2D eigenvalue weighted by molar-refractivity contribution is 6.17. The van der Waals surface area contributed by atoms with E-state index >= 15 is 0 Å². The normalized spacial score (nSPS) is 15.4. The minimum Gasteiger partial charge on any atom is -0.341 e. The van der Waals surface area contributed by atoms with Gasteiger partial charge in [0.15, 0.2) is 11.4 Å². The van der Waals surface area contributed by atoms with Crippen molar-refractivity contribution in [3.8, 4) is 0 Å². The molecule has 1 aliphatic heterocycles. The van der Waals surface area contributed by atoms with Gasteiger partial charge in [0.1, 0.15) is 5.69 Å². The topological polar surface area (TPSA) is 96.9 Å². The zero-order valence-electron chi connectivity index (χ0n) is 12.6. The Bertz CT molecular complexity index is 609. The Morgan fingerprint density at radius 1 is 1.24 bits per heavy atom. The molecule has 0 saturated heterocycles. The number of hydrogen-bond acceptors (Lipinski definition) is 7. The molecule has 112 valence electrons. The Hall–Kier alpha value is -2.38. The summed E-state index contributed by atoms with van der Waals surface area (Å²) in [6.07, 6.45) is 3.05. The summed E-state index contributed by atoms with van der Waals surface area (Å²) in [6.45, 7) is 8.72. The maximum Gasteiger partial charge on any atom is 0.316 e. The van der Waals surface area contributed by atoms with Gasteiger partial charge < -0.3 is 4.90 Å².